The van der Waals surface area contributed by atoms with Crippen LogP contribution < -0.4 is 14.2 Å². The number of fused-ring (bicyclic) bond motifs is 2. The Kier molecular flexibility index (Phi) is 5.19. The maximum Gasteiger partial charge on any atom is 0.231 e. The summed E-state index contributed by atoms with van der Waals surface area (Å²) in [6.45, 7) is 2.09. The molecule has 0 N–H and O–H groups in total. The van der Waals surface area contributed by atoms with Crippen molar-refractivity contribution in [3.05, 3.63) is 106 Å². The predicted molar refractivity (Wildman–Crippen MR) is 120 cm³/mol. The lowest BCUT2D eigenvalue weighted by Gasteiger charge is -2.22. The number of halogens is 2. The maximum absolute atomic E-state index is 13.2. The van der Waals surface area contributed by atoms with Crippen LogP contribution in [0.15, 0.2) is 78.1 Å². The van der Waals surface area contributed by atoms with Gasteiger partial charge >= 0.3 is 0 Å². The van der Waals surface area contributed by atoms with Crippen LogP contribution in [0.2, 0.25) is 5.02 Å². The summed E-state index contributed by atoms with van der Waals surface area (Å²) in [4.78, 5) is 12.8. The number of hydrogen-bond acceptors (Lipinski definition) is 4. The lowest BCUT2D eigenvalue weighted by Crippen LogP contribution is -2.18. The molecule has 3 aromatic carbocycles. The summed E-state index contributed by atoms with van der Waals surface area (Å²) in [5.41, 5.74) is 2.93. The van der Waals surface area contributed by atoms with Crippen molar-refractivity contribution in [3.8, 4) is 17.2 Å². The molecule has 5 rings (SSSR count). The standard InChI is InChI=1S/C26H18ClFO4/c1-15-18(10-16-4-2-3-5-23(16)31-15)11-25-26(29)21-9-8-20(13-24(21)32-25)30-14-17-6-7-19(28)12-22(17)27/h2-13,15H,14H2,1H3. The molecule has 0 bridgehead atoms. The van der Waals surface area contributed by atoms with Gasteiger partial charge in [0.2, 0.25) is 5.78 Å². The minimum atomic E-state index is -0.404. The van der Waals surface area contributed by atoms with Crippen molar-refractivity contribution in [1.29, 1.82) is 0 Å². The Balaban J connectivity index is 1.35. The van der Waals surface area contributed by atoms with Gasteiger partial charge in [0.15, 0.2) is 5.76 Å². The normalized spacial score (nSPS) is 17.8. The predicted octanol–water partition coefficient (Wildman–Crippen LogP) is 6.38. The summed E-state index contributed by atoms with van der Waals surface area (Å²) >= 11 is 6.05. The summed E-state index contributed by atoms with van der Waals surface area (Å²) in [6, 6.07) is 16.9. The number of allylic oxidation sites excluding steroid dienone is 1. The fraction of sp³-hybridized carbons (Fsp3) is 0.115. The SMILES string of the molecule is CC1Oc2ccccc2C=C1C=C1Oc2cc(OCc3ccc(F)cc3Cl)ccc2C1=O. The molecule has 4 nitrogen and oxygen atoms in total. The molecular weight excluding hydrogens is 431 g/mol. The van der Waals surface area contributed by atoms with Gasteiger partial charge in [0.1, 0.15) is 35.8 Å². The van der Waals surface area contributed by atoms with E-state index in [1.807, 2.05) is 37.3 Å². The van der Waals surface area contributed by atoms with E-state index in [2.05, 4.69) is 0 Å². The smallest absolute Gasteiger partial charge is 0.231 e. The molecule has 0 aliphatic carbocycles. The molecule has 0 saturated carbocycles. The summed E-state index contributed by atoms with van der Waals surface area (Å²) in [6.07, 6.45) is 3.51. The topological polar surface area (TPSA) is 44.8 Å². The second-order valence-electron chi connectivity index (χ2n) is 7.56. The molecule has 0 radical (unpaired) electrons. The zero-order valence-corrected chi connectivity index (χ0v) is 17.9. The first kappa shape index (κ1) is 20.3. The van der Waals surface area contributed by atoms with E-state index in [1.54, 1.807) is 30.3 Å². The molecular formula is C26H18ClFO4. The highest BCUT2D eigenvalue weighted by molar-refractivity contribution is 6.31. The number of carbonyl (C=O) groups excluding carboxylic acids is 1. The molecule has 2 aliphatic heterocycles. The van der Waals surface area contributed by atoms with Crippen LogP contribution in [0, 0.1) is 5.82 Å². The van der Waals surface area contributed by atoms with Gasteiger partial charge in [0.25, 0.3) is 0 Å². The Labute approximate surface area is 189 Å². The molecule has 0 amide bonds. The maximum atomic E-state index is 13.2. The van der Waals surface area contributed by atoms with Crippen LogP contribution in [0.3, 0.4) is 0 Å². The third-order valence-corrected chi connectivity index (χ3v) is 5.71. The van der Waals surface area contributed by atoms with Crippen molar-refractivity contribution in [3.63, 3.8) is 0 Å². The van der Waals surface area contributed by atoms with Gasteiger partial charge in [-0.05, 0) is 55.0 Å². The minimum absolute atomic E-state index is 0.162. The van der Waals surface area contributed by atoms with Gasteiger partial charge in [-0.2, -0.15) is 0 Å². The van der Waals surface area contributed by atoms with Crippen molar-refractivity contribution in [2.24, 2.45) is 0 Å². The molecule has 1 unspecified atom stereocenters. The van der Waals surface area contributed by atoms with E-state index >= 15 is 0 Å². The first-order valence-corrected chi connectivity index (χ1v) is 10.5. The Morgan fingerprint density at radius 2 is 1.94 bits per heavy atom. The van der Waals surface area contributed by atoms with Crippen molar-refractivity contribution in [1.82, 2.24) is 0 Å². The highest BCUT2D eigenvalue weighted by Crippen LogP contribution is 2.36. The van der Waals surface area contributed by atoms with Crippen LogP contribution in [0.4, 0.5) is 4.39 Å². The van der Waals surface area contributed by atoms with Crippen molar-refractivity contribution in [2.75, 3.05) is 0 Å². The first-order valence-electron chi connectivity index (χ1n) is 10.1. The molecule has 2 heterocycles. The van der Waals surface area contributed by atoms with E-state index in [1.165, 1.54) is 12.1 Å². The average Bonchev–Trinajstić information content (AvgIpc) is 3.08. The van der Waals surface area contributed by atoms with Crippen LogP contribution in [0.25, 0.3) is 6.08 Å². The van der Waals surface area contributed by atoms with E-state index < -0.39 is 5.82 Å². The third-order valence-electron chi connectivity index (χ3n) is 5.36. The van der Waals surface area contributed by atoms with Crippen LogP contribution in [0.5, 0.6) is 17.2 Å². The molecule has 3 aromatic rings. The fourth-order valence-electron chi connectivity index (χ4n) is 3.63. The number of ketones is 1. The monoisotopic (exact) mass is 448 g/mol. The average molecular weight is 449 g/mol. The molecule has 160 valence electrons. The van der Waals surface area contributed by atoms with E-state index in [9.17, 15) is 9.18 Å². The molecule has 1 atom stereocenters. The number of hydrogen-bond donors (Lipinski definition) is 0. The lowest BCUT2D eigenvalue weighted by molar-refractivity contribution is 0.101. The van der Waals surface area contributed by atoms with Crippen molar-refractivity contribution in [2.45, 2.75) is 19.6 Å². The molecule has 0 aromatic heterocycles. The first-order chi connectivity index (χ1) is 15.5. The van der Waals surface area contributed by atoms with Crippen LogP contribution >= 0.6 is 11.6 Å². The Morgan fingerprint density at radius 1 is 1.09 bits per heavy atom. The van der Waals surface area contributed by atoms with Crippen LogP contribution in [-0.4, -0.2) is 11.9 Å². The summed E-state index contributed by atoms with van der Waals surface area (Å²) in [7, 11) is 0. The Hall–Kier alpha value is -3.57. The molecule has 0 saturated heterocycles. The van der Waals surface area contributed by atoms with Gasteiger partial charge in [-0.15, -0.1) is 0 Å². The second kappa shape index (κ2) is 8.17. The van der Waals surface area contributed by atoms with E-state index in [-0.39, 0.29) is 24.3 Å². The highest BCUT2D eigenvalue weighted by Gasteiger charge is 2.29. The number of rotatable bonds is 4. The zero-order valence-electron chi connectivity index (χ0n) is 17.1. The molecule has 2 aliphatic rings. The molecule has 0 spiro atoms. The molecule has 0 fully saturated rings. The minimum Gasteiger partial charge on any atom is -0.489 e. The summed E-state index contributed by atoms with van der Waals surface area (Å²) in [5, 5.41) is 0.293. The molecule has 6 heteroatoms. The van der Waals surface area contributed by atoms with E-state index in [0.29, 0.717) is 27.6 Å². The van der Waals surface area contributed by atoms with Gasteiger partial charge in [0.05, 0.1) is 10.6 Å². The van der Waals surface area contributed by atoms with E-state index in [4.69, 9.17) is 25.8 Å². The number of Topliss-reactive ketones (excluding diaryl/α,β-unsaturated/α-hetero) is 1. The van der Waals surface area contributed by atoms with Gasteiger partial charge in [-0.1, -0.05) is 35.9 Å². The highest BCUT2D eigenvalue weighted by atomic mass is 35.5. The second-order valence-corrected chi connectivity index (χ2v) is 7.97. The lowest BCUT2D eigenvalue weighted by atomic mass is 10.0. The van der Waals surface area contributed by atoms with Gasteiger partial charge < -0.3 is 14.2 Å². The van der Waals surface area contributed by atoms with Crippen molar-refractivity contribution < 1.29 is 23.4 Å². The van der Waals surface area contributed by atoms with E-state index in [0.717, 1.165) is 16.9 Å². The fourth-order valence-corrected chi connectivity index (χ4v) is 3.85. The summed E-state index contributed by atoms with van der Waals surface area (Å²) in [5.74, 6) is 1.39. The number of carbonyl (C=O) groups is 1. The van der Waals surface area contributed by atoms with Gasteiger partial charge in [-0.3, -0.25) is 4.79 Å². The van der Waals surface area contributed by atoms with Crippen LogP contribution in [0.1, 0.15) is 28.4 Å². The zero-order chi connectivity index (χ0) is 22.2. The third kappa shape index (κ3) is 3.87. The van der Waals surface area contributed by atoms with Crippen LogP contribution in [-0.2, 0) is 6.61 Å². The quantitative estimate of drug-likeness (QED) is 0.434. The number of ether oxygens (including phenoxy) is 3. The Morgan fingerprint density at radius 3 is 2.78 bits per heavy atom. The summed E-state index contributed by atoms with van der Waals surface area (Å²) < 4.78 is 30.8. The number of para-hydroxylation sites is 1. The molecule has 32 heavy (non-hydrogen) atoms. The Bertz CT molecular complexity index is 1290. The number of benzene rings is 3. The van der Waals surface area contributed by atoms with Gasteiger partial charge in [-0.25, -0.2) is 4.39 Å². The van der Waals surface area contributed by atoms with Crippen molar-refractivity contribution >= 4 is 23.5 Å². The van der Waals surface area contributed by atoms with Gasteiger partial charge in [0, 0.05) is 17.2 Å². The largest absolute Gasteiger partial charge is 0.489 e.